The van der Waals surface area contributed by atoms with Gasteiger partial charge in [-0.25, -0.2) is 8.42 Å². The standard InChI is InChI=1S/C24H24F2N2O5S/c1-28(16-17-7-4-3-5-8-17)34(30,31)22-14-19(11-12-21(22)32-2)23(29)27-15-18-9-6-10-20(13-18)33-24(25)26/h3-14,24H,15-16H2,1-2H3,(H,27,29). The highest BCUT2D eigenvalue weighted by Crippen LogP contribution is 2.28. The van der Waals surface area contributed by atoms with Crippen molar-refractivity contribution in [2.24, 2.45) is 0 Å². The number of sulfonamides is 1. The molecule has 34 heavy (non-hydrogen) atoms. The molecule has 1 amide bonds. The molecule has 7 nitrogen and oxygen atoms in total. The first kappa shape index (κ1) is 25.1. The molecule has 0 radical (unpaired) electrons. The van der Waals surface area contributed by atoms with Crippen LogP contribution in [0.2, 0.25) is 0 Å². The Morgan fingerprint density at radius 2 is 1.71 bits per heavy atom. The second-order valence-corrected chi connectivity index (χ2v) is 9.33. The lowest BCUT2D eigenvalue weighted by Gasteiger charge is -2.19. The Morgan fingerprint density at radius 1 is 1.00 bits per heavy atom. The number of hydrogen-bond donors (Lipinski definition) is 1. The fraction of sp³-hybridized carbons (Fsp3) is 0.208. The van der Waals surface area contributed by atoms with Crippen LogP contribution in [0.25, 0.3) is 0 Å². The van der Waals surface area contributed by atoms with Gasteiger partial charge in [-0.15, -0.1) is 0 Å². The molecule has 0 aliphatic rings. The molecule has 0 heterocycles. The zero-order valence-corrected chi connectivity index (χ0v) is 19.4. The van der Waals surface area contributed by atoms with Gasteiger partial charge in [0.15, 0.2) is 0 Å². The van der Waals surface area contributed by atoms with Gasteiger partial charge < -0.3 is 14.8 Å². The summed E-state index contributed by atoms with van der Waals surface area (Å²) < 4.78 is 62.0. The first-order valence-corrected chi connectivity index (χ1v) is 11.6. The average Bonchev–Trinajstić information content (AvgIpc) is 2.82. The maximum Gasteiger partial charge on any atom is 0.387 e. The molecule has 0 unspecified atom stereocenters. The molecule has 3 aromatic rings. The molecule has 0 bridgehead atoms. The van der Waals surface area contributed by atoms with E-state index in [9.17, 15) is 22.0 Å². The van der Waals surface area contributed by atoms with Gasteiger partial charge in [0.1, 0.15) is 16.4 Å². The lowest BCUT2D eigenvalue weighted by Crippen LogP contribution is -2.28. The van der Waals surface area contributed by atoms with Crippen LogP contribution in [-0.2, 0) is 23.1 Å². The number of hydrogen-bond acceptors (Lipinski definition) is 5. The van der Waals surface area contributed by atoms with Crippen LogP contribution in [0.4, 0.5) is 8.78 Å². The van der Waals surface area contributed by atoms with Crippen LogP contribution >= 0.6 is 0 Å². The number of carbonyl (C=O) groups is 1. The molecular formula is C24H24F2N2O5S. The maximum atomic E-state index is 13.2. The molecule has 0 fully saturated rings. The quantitative estimate of drug-likeness (QED) is 0.464. The summed E-state index contributed by atoms with van der Waals surface area (Å²) in [7, 11) is -1.19. The Hall–Kier alpha value is -3.50. The Balaban J connectivity index is 1.78. The molecule has 3 rings (SSSR count). The van der Waals surface area contributed by atoms with Gasteiger partial charge in [-0.3, -0.25) is 4.79 Å². The number of nitrogens with zero attached hydrogens (tertiary/aromatic N) is 1. The molecular weight excluding hydrogens is 466 g/mol. The van der Waals surface area contributed by atoms with E-state index in [1.807, 2.05) is 30.3 Å². The summed E-state index contributed by atoms with van der Waals surface area (Å²) in [6.45, 7) is -2.79. The highest BCUT2D eigenvalue weighted by molar-refractivity contribution is 7.89. The number of ether oxygens (including phenoxy) is 2. The summed E-state index contributed by atoms with van der Waals surface area (Å²) in [5.41, 5.74) is 1.45. The monoisotopic (exact) mass is 490 g/mol. The zero-order valence-electron chi connectivity index (χ0n) is 18.6. The van der Waals surface area contributed by atoms with Crippen LogP contribution in [0.3, 0.4) is 0 Å². The summed E-state index contributed by atoms with van der Waals surface area (Å²) in [6.07, 6.45) is 0. The van der Waals surface area contributed by atoms with Crippen LogP contribution in [0.1, 0.15) is 21.5 Å². The molecule has 0 aliphatic carbocycles. The van der Waals surface area contributed by atoms with Crippen molar-refractivity contribution in [3.63, 3.8) is 0 Å². The van der Waals surface area contributed by atoms with Crippen molar-refractivity contribution in [3.05, 3.63) is 89.5 Å². The number of alkyl halides is 2. The third-order valence-corrected chi connectivity index (χ3v) is 6.76. The Bertz CT molecular complexity index is 1240. The summed E-state index contributed by atoms with van der Waals surface area (Å²) in [4.78, 5) is 12.6. The van der Waals surface area contributed by atoms with Crippen molar-refractivity contribution in [2.75, 3.05) is 14.2 Å². The van der Waals surface area contributed by atoms with Crippen LogP contribution in [-0.4, -0.2) is 39.4 Å². The van der Waals surface area contributed by atoms with Crippen LogP contribution < -0.4 is 14.8 Å². The number of methoxy groups -OCH3 is 1. The predicted molar refractivity (Wildman–Crippen MR) is 122 cm³/mol. The molecule has 0 aliphatic heterocycles. The third kappa shape index (κ3) is 6.30. The summed E-state index contributed by atoms with van der Waals surface area (Å²) >= 11 is 0. The van der Waals surface area contributed by atoms with Crippen molar-refractivity contribution >= 4 is 15.9 Å². The van der Waals surface area contributed by atoms with Crippen molar-refractivity contribution in [3.8, 4) is 11.5 Å². The van der Waals surface area contributed by atoms with E-state index in [-0.39, 0.29) is 35.0 Å². The molecule has 10 heteroatoms. The largest absolute Gasteiger partial charge is 0.495 e. The average molecular weight is 491 g/mol. The number of carbonyl (C=O) groups excluding carboxylic acids is 1. The summed E-state index contributed by atoms with van der Waals surface area (Å²) in [5.74, 6) is -0.459. The minimum absolute atomic E-state index is 0.0268. The van der Waals surface area contributed by atoms with Gasteiger partial charge in [-0.2, -0.15) is 13.1 Å². The first-order valence-electron chi connectivity index (χ1n) is 10.2. The van der Waals surface area contributed by atoms with E-state index in [4.69, 9.17) is 4.74 Å². The summed E-state index contributed by atoms with van der Waals surface area (Å²) in [5, 5.41) is 2.65. The van der Waals surface area contributed by atoms with Gasteiger partial charge in [0, 0.05) is 25.7 Å². The molecule has 0 saturated carbocycles. The first-order chi connectivity index (χ1) is 16.2. The van der Waals surface area contributed by atoms with E-state index in [1.54, 1.807) is 6.07 Å². The van der Waals surface area contributed by atoms with Crippen molar-refractivity contribution in [2.45, 2.75) is 24.6 Å². The smallest absolute Gasteiger partial charge is 0.387 e. The fourth-order valence-electron chi connectivity index (χ4n) is 3.23. The maximum absolute atomic E-state index is 13.2. The van der Waals surface area contributed by atoms with Gasteiger partial charge in [0.25, 0.3) is 5.91 Å². The molecule has 1 N–H and O–H groups in total. The van der Waals surface area contributed by atoms with E-state index < -0.39 is 22.5 Å². The summed E-state index contributed by atoms with van der Waals surface area (Å²) in [6, 6.07) is 19.1. The topological polar surface area (TPSA) is 84.9 Å². The number of rotatable bonds is 10. The normalized spacial score (nSPS) is 11.5. The van der Waals surface area contributed by atoms with Gasteiger partial charge in [-0.1, -0.05) is 42.5 Å². The molecule has 180 valence electrons. The van der Waals surface area contributed by atoms with Gasteiger partial charge in [0.2, 0.25) is 10.0 Å². The zero-order chi connectivity index (χ0) is 24.7. The molecule has 3 aromatic carbocycles. The van der Waals surface area contributed by atoms with Crippen molar-refractivity contribution in [1.82, 2.24) is 9.62 Å². The molecule has 0 aromatic heterocycles. The van der Waals surface area contributed by atoms with Gasteiger partial charge >= 0.3 is 6.61 Å². The Labute approximate surface area is 197 Å². The fourth-order valence-corrected chi connectivity index (χ4v) is 4.57. The van der Waals surface area contributed by atoms with Crippen molar-refractivity contribution in [1.29, 1.82) is 0 Å². The van der Waals surface area contributed by atoms with E-state index in [0.29, 0.717) is 5.56 Å². The number of nitrogens with one attached hydrogen (secondary N) is 1. The van der Waals surface area contributed by atoms with Crippen LogP contribution in [0.5, 0.6) is 11.5 Å². The second kappa shape index (κ2) is 11.1. The lowest BCUT2D eigenvalue weighted by molar-refractivity contribution is -0.0498. The lowest BCUT2D eigenvalue weighted by atomic mass is 10.2. The molecule has 0 spiro atoms. The third-order valence-electron chi connectivity index (χ3n) is 4.94. The molecule has 0 saturated heterocycles. The number of halogens is 2. The van der Waals surface area contributed by atoms with Crippen LogP contribution in [0, 0.1) is 0 Å². The number of benzene rings is 3. The Morgan fingerprint density at radius 3 is 2.38 bits per heavy atom. The minimum atomic E-state index is -3.98. The van der Waals surface area contributed by atoms with E-state index in [1.165, 1.54) is 54.9 Å². The second-order valence-electron chi connectivity index (χ2n) is 7.32. The minimum Gasteiger partial charge on any atom is -0.495 e. The number of amides is 1. The molecule has 0 atom stereocenters. The highest BCUT2D eigenvalue weighted by atomic mass is 32.2. The van der Waals surface area contributed by atoms with Gasteiger partial charge in [0.05, 0.1) is 7.11 Å². The highest BCUT2D eigenvalue weighted by Gasteiger charge is 2.26. The SMILES string of the molecule is COc1ccc(C(=O)NCc2cccc(OC(F)F)c2)cc1S(=O)(=O)N(C)Cc1ccccc1. The van der Waals surface area contributed by atoms with E-state index in [0.717, 1.165) is 5.56 Å². The Kier molecular flexibility index (Phi) is 8.19. The predicted octanol–water partition coefficient (Wildman–Crippen LogP) is 4.05. The van der Waals surface area contributed by atoms with E-state index >= 15 is 0 Å². The van der Waals surface area contributed by atoms with Gasteiger partial charge in [-0.05, 0) is 41.5 Å². The van der Waals surface area contributed by atoms with Crippen LogP contribution in [0.15, 0.2) is 77.7 Å². The van der Waals surface area contributed by atoms with E-state index in [2.05, 4.69) is 10.1 Å². The van der Waals surface area contributed by atoms with Crippen molar-refractivity contribution < 1.29 is 31.5 Å².